The third kappa shape index (κ3) is 6.68. The number of hydrogen-bond acceptors (Lipinski definition) is 9. The molecule has 0 bridgehead atoms. The number of ether oxygens (including phenoxy) is 2. The molecule has 0 aliphatic carbocycles. The second-order valence-corrected chi connectivity index (χ2v) is 9.68. The molecule has 1 saturated heterocycles. The standard InChI is InChI=1S/C27H26N4O6S/c1-18(2)17-37-23-11-8-20(13-24(23)35-3)15-28-29-27-30(16-22-5-4-12-36-22)26(32)25(38-27)14-19-6-9-21(10-7-19)31(33)34/h4-15,18H,16-17H2,1-3H3/b25-14-,28-15-,29-27+. The Kier molecular flexibility index (Phi) is 8.59. The zero-order valence-corrected chi connectivity index (χ0v) is 21.9. The van der Waals surface area contributed by atoms with E-state index in [0.29, 0.717) is 45.4 Å². The highest BCUT2D eigenvalue weighted by Crippen LogP contribution is 2.34. The van der Waals surface area contributed by atoms with Gasteiger partial charge in [0.2, 0.25) is 0 Å². The van der Waals surface area contributed by atoms with E-state index in [1.54, 1.807) is 49.7 Å². The van der Waals surface area contributed by atoms with E-state index in [0.717, 1.165) is 17.3 Å². The first kappa shape index (κ1) is 26.7. The summed E-state index contributed by atoms with van der Waals surface area (Å²) in [5.74, 6) is 1.93. The second-order valence-electron chi connectivity index (χ2n) is 8.67. The van der Waals surface area contributed by atoms with Crippen molar-refractivity contribution in [3.05, 3.63) is 92.8 Å². The maximum absolute atomic E-state index is 13.2. The minimum atomic E-state index is -0.470. The van der Waals surface area contributed by atoms with Crippen LogP contribution in [0.2, 0.25) is 0 Å². The van der Waals surface area contributed by atoms with Gasteiger partial charge in [-0.2, -0.15) is 5.10 Å². The van der Waals surface area contributed by atoms with Crippen LogP contribution in [-0.4, -0.2) is 40.8 Å². The Labute approximate surface area is 223 Å². The topological polar surface area (TPSA) is 120 Å². The summed E-state index contributed by atoms with van der Waals surface area (Å²) >= 11 is 1.16. The van der Waals surface area contributed by atoms with Gasteiger partial charge in [0, 0.05) is 12.1 Å². The molecule has 1 aliphatic rings. The smallest absolute Gasteiger partial charge is 0.269 e. The van der Waals surface area contributed by atoms with Gasteiger partial charge < -0.3 is 13.9 Å². The number of amidine groups is 1. The van der Waals surface area contributed by atoms with Gasteiger partial charge in [-0.1, -0.05) is 13.8 Å². The fourth-order valence-electron chi connectivity index (χ4n) is 3.41. The molecule has 0 unspecified atom stereocenters. The van der Waals surface area contributed by atoms with E-state index < -0.39 is 4.92 Å². The molecule has 2 heterocycles. The average Bonchev–Trinajstić information content (AvgIpc) is 3.52. The van der Waals surface area contributed by atoms with E-state index in [2.05, 4.69) is 24.1 Å². The van der Waals surface area contributed by atoms with Gasteiger partial charge in [-0.25, -0.2) is 0 Å². The molecular formula is C27H26N4O6S. The first-order valence-corrected chi connectivity index (χ1v) is 12.6. The number of furan rings is 1. The lowest BCUT2D eigenvalue weighted by atomic mass is 10.2. The van der Waals surface area contributed by atoms with Crippen molar-refractivity contribution in [2.45, 2.75) is 20.4 Å². The van der Waals surface area contributed by atoms with Gasteiger partial charge in [0.1, 0.15) is 5.76 Å². The van der Waals surface area contributed by atoms with Gasteiger partial charge in [-0.15, -0.1) is 5.10 Å². The average molecular weight is 535 g/mol. The van der Waals surface area contributed by atoms with Crippen LogP contribution < -0.4 is 9.47 Å². The molecule has 0 atom stereocenters. The lowest BCUT2D eigenvalue weighted by molar-refractivity contribution is -0.384. The van der Waals surface area contributed by atoms with Crippen LogP contribution in [0.25, 0.3) is 6.08 Å². The Bertz CT molecular complexity index is 1380. The van der Waals surface area contributed by atoms with Gasteiger partial charge in [0.15, 0.2) is 16.7 Å². The molecule has 0 saturated carbocycles. The van der Waals surface area contributed by atoms with Crippen molar-refractivity contribution >= 4 is 40.8 Å². The minimum absolute atomic E-state index is 0.0234. The molecule has 1 fully saturated rings. The Balaban J connectivity index is 1.56. The van der Waals surface area contributed by atoms with Crippen molar-refractivity contribution in [2.75, 3.05) is 13.7 Å². The van der Waals surface area contributed by atoms with Crippen LogP contribution in [0.5, 0.6) is 11.5 Å². The molecular weight excluding hydrogens is 508 g/mol. The van der Waals surface area contributed by atoms with Gasteiger partial charge in [-0.05, 0) is 77.3 Å². The molecule has 3 aromatic rings. The van der Waals surface area contributed by atoms with E-state index >= 15 is 0 Å². The number of hydrogen-bond donors (Lipinski definition) is 0. The predicted octanol–water partition coefficient (Wildman–Crippen LogP) is 5.74. The van der Waals surface area contributed by atoms with E-state index in [1.165, 1.54) is 23.3 Å². The highest BCUT2D eigenvalue weighted by molar-refractivity contribution is 8.18. The third-order valence-electron chi connectivity index (χ3n) is 5.29. The Morgan fingerprint density at radius 3 is 2.55 bits per heavy atom. The summed E-state index contributed by atoms with van der Waals surface area (Å²) in [5, 5.41) is 19.8. The number of thioether (sulfide) groups is 1. The van der Waals surface area contributed by atoms with E-state index in [4.69, 9.17) is 13.9 Å². The molecule has 0 spiro atoms. The van der Waals surface area contributed by atoms with Crippen LogP contribution in [0.1, 0.15) is 30.7 Å². The summed E-state index contributed by atoms with van der Waals surface area (Å²) in [6.07, 6.45) is 4.77. The summed E-state index contributed by atoms with van der Waals surface area (Å²) in [5.41, 5.74) is 1.38. The number of amides is 1. The second kappa shape index (κ2) is 12.2. The van der Waals surface area contributed by atoms with Crippen LogP contribution in [0.4, 0.5) is 5.69 Å². The lowest BCUT2D eigenvalue weighted by Crippen LogP contribution is -2.28. The van der Waals surface area contributed by atoms with Crippen LogP contribution in [0.15, 0.2) is 80.4 Å². The molecule has 11 heteroatoms. The van der Waals surface area contributed by atoms with Crippen molar-refractivity contribution in [1.29, 1.82) is 0 Å². The molecule has 196 valence electrons. The van der Waals surface area contributed by atoms with Crippen LogP contribution >= 0.6 is 11.8 Å². The van der Waals surface area contributed by atoms with Crippen molar-refractivity contribution < 1.29 is 23.6 Å². The fourth-order valence-corrected chi connectivity index (χ4v) is 4.34. The predicted molar refractivity (Wildman–Crippen MR) is 146 cm³/mol. The summed E-state index contributed by atoms with van der Waals surface area (Å²) in [7, 11) is 1.57. The highest BCUT2D eigenvalue weighted by atomic mass is 32.2. The zero-order chi connectivity index (χ0) is 27.1. The molecule has 10 nitrogen and oxygen atoms in total. The summed E-state index contributed by atoms with van der Waals surface area (Å²) in [6.45, 7) is 4.89. The maximum Gasteiger partial charge on any atom is 0.269 e. The monoisotopic (exact) mass is 534 g/mol. The van der Waals surface area contributed by atoms with E-state index in [9.17, 15) is 14.9 Å². The number of benzene rings is 2. The van der Waals surface area contributed by atoms with Crippen LogP contribution in [0.3, 0.4) is 0 Å². The molecule has 1 amide bonds. The summed E-state index contributed by atoms with van der Waals surface area (Å²) < 4.78 is 16.7. The molecule has 2 aromatic carbocycles. The number of carbonyl (C=O) groups excluding carboxylic acids is 1. The number of nitro groups is 1. The summed E-state index contributed by atoms with van der Waals surface area (Å²) in [4.78, 5) is 25.6. The van der Waals surface area contributed by atoms with E-state index in [-0.39, 0.29) is 18.1 Å². The minimum Gasteiger partial charge on any atom is -0.493 e. The number of nitro benzene ring substituents is 1. The molecule has 1 aliphatic heterocycles. The quantitative estimate of drug-likeness (QED) is 0.141. The molecule has 4 rings (SSSR count). The Morgan fingerprint density at radius 2 is 1.89 bits per heavy atom. The maximum atomic E-state index is 13.2. The van der Waals surface area contributed by atoms with Crippen LogP contribution in [-0.2, 0) is 11.3 Å². The lowest BCUT2D eigenvalue weighted by Gasteiger charge is -2.13. The van der Waals surface area contributed by atoms with Gasteiger partial charge in [0.05, 0.1) is 42.6 Å². The van der Waals surface area contributed by atoms with Crippen molar-refractivity contribution in [3.63, 3.8) is 0 Å². The van der Waals surface area contributed by atoms with Gasteiger partial charge in [-0.3, -0.25) is 19.8 Å². The molecule has 0 N–H and O–H groups in total. The number of carbonyl (C=O) groups is 1. The largest absolute Gasteiger partial charge is 0.493 e. The third-order valence-corrected chi connectivity index (χ3v) is 6.29. The zero-order valence-electron chi connectivity index (χ0n) is 21.1. The fraction of sp³-hybridized carbons (Fsp3) is 0.222. The molecule has 0 radical (unpaired) electrons. The van der Waals surface area contributed by atoms with Crippen LogP contribution in [0, 0.1) is 16.0 Å². The highest BCUT2D eigenvalue weighted by Gasteiger charge is 2.34. The molecule has 1 aromatic heterocycles. The normalized spacial score (nSPS) is 15.8. The number of non-ortho nitro benzene ring substituents is 1. The SMILES string of the molecule is COc1cc(/C=N\N=C2\S/C(=C\c3ccc([N+](=O)[O-])cc3)C(=O)N2Cc2ccco2)ccc1OCC(C)C. The first-order valence-electron chi connectivity index (χ1n) is 11.7. The number of methoxy groups -OCH3 is 1. The van der Waals surface area contributed by atoms with Crippen molar-refractivity contribution in [2.24, 2.45) is 16.1 Å². The number of nitrogens with zero attached hydrogens (tertiary/aromatic N) is 4. The van der Waals surface area contributed by atoms with Gasteiger partial charge in [0.25, 0.3) is 11.6 Å². The first-order chi connectivity index (χ1) is 18.3. The van der Waals surface area contributed by atoms with Gasteiger partial charge >= 0.3 is 0 Å². The van der Waals surface area contributed by atoms with E-state index in [1.807, 2.05) is 12.1 Å². The number of rotatable bonds is 10. The Hall–Kier alpha value is -4.38. The summed E-state index contributed by atoms with van der Waals surface area (Å²) in [6, 6.07) is 14.9. The van der Waals surface area contributed by atoms with Crippen molar-refractivity contribution in [3.8, 4) is 11.5 Å². The molecule has 38 heavy (non-hydrogen) atoms. The van der Waals surface area contributed by atoms with Crippen molar-refractivity contribution in [1.82, 2.24) is 4.90 Å². The Morgan fingerprint density at radius 1 is 1.13 bits per heavy atom.